The van der Waals surface area contributed by atoms with Crippen molar-refractivity contribution in [1.29, 1.82) is 0 Å². The van der Waals surface area contributed by atoms with E-state index in [0.717, 1.165) is 5.69 Å². The third-order valence-corrected chi connectivity index (χ3v) is 5.69. The summed E-state index contributed by atoms with van der Waals surface area (Å²) in [4.78, 5) is 5.59. The standard InChI is InChI=1S/C23H24ClF4N3O2/c1-13-8-9-14-16(29-13)6-5-7-17(14)30-21(22(32,12-31(2)3)23(26,27)28)15-10-11-18(33-4)20(25)19(15)24/h5-11,21,30,32H,12H2,1-4H3. The monoisotopic (exact) mass is 485 g/mol. The fraction of sp³-hybridized carbons (Fsp3) is 0.348. The van der Waals surface area contributed by atoms with Crippen LogP contribution in [-0.4, -0.2) is 54.5 Å². The number of likely N-dealkylation sites (N-methyl/N-ethyl adjacent to an activating group) is 1. The maximum absolute atomic E-state index is 14.7. The quantitative estimate of drug-likeness (QED) is 0.442. The molecule has 1 heterocycles. The Bertz CT molecular complexity index is 1160. The summed E-state index contributed by atoms with van der Waals surface area (Å²) in [5.74, 6) is -1.25. The molecule has 0 aliphatic carbocycles. The Hall–Kier alpha value is -2.62. The van der Waals surface area contributed by atoms with Crippen molar-refractivity contribution in [3.63, 3.8) is 0 Å². The van der Waals surface area contributed by atoms with Gasteiger partial charge in [0.25, 0.3) is 0 Å². The van der Waals surface area contributed by atoms with Gasteiger partial charge in [-0.2, -0.15) is 13.2 Å². The van der Waals surface area contributed by atoms with Crippen LogP contribution in [0.5, 0.6) is 5.75 Å². The van der Waals surface area contributed by atoms with Gasteiger partial charge in [0.15, 0.2) is 17.2 Å². The van der Waals surface area contributed by atoms with E-state index in [-0.39, 0.29) is 17.0 Å². The molecule has 3 rings (SSSR count). The van der Waals surface area contributed by atoms with Crippen molar-refractivity contribution >= 4 is 28.2 Å². The molecule has 0 saturated carbocycles. The van der Waals surface area contributed by atoms with Gasteiger partial charge in [0.2, 0.25) is 0 Å². The number of fused-ring (bicyclic) bond motifs is 1. The first-order chi connectivity index (χ1) is 15.4. The normalized spacial score (nSPS) is 14.9. The average molecular weight is 486 g/mol. The van der Waals surface area contributed by atoms with Crippen LogP contribution >= 0.6 is 11.6 Å². The Labute approximate surface area is 193 Å². The Morgan fingerprint density at radius 3 is 2.45 bits per heavy atom. The minimum absolute atomic E-state index is 0.226. The van der Waals surface area contributed by atoms with Crippen LogP contribution in [0.15, 0.2) is 42.5 Å². The summed E-state index contributed by atoms with van der Waals surface area (Å²) >= 11 is 6.17. The van der Waals surface area contributed by atoms with Crippen molar-refractivity contribution in [3.8, 4) is 5.75 Å². The number of alkyl halides is 3. The van der Waals surface area contributed by atoms with Gasteiger partial charge in [-0.1, -0.05) is 23.7 Å². The lowest BCUT2D eigenvalue weighted by Crippen LogP contribution is -2.58. The van der Waals surface area contributed by atoms with Crippen LogP contribution in [0.2, 0.25) is 5.02 Å². The molecular formula is C23H24ClF4N3O2. The van der Waals surface area contributed by atoms with Crippen LogP contribution in [0.25, 0.3) is 10.9 Å². The van der Waals surface area contributed by atoms with Gasteiger partial charge in [-0.05, 0) is 56.9 Å². The number of ether oxygens (including phenoxy) is 1. The van der Waals surface area contributed by atoms with E-state index in [2.05, 4.69) is 10.3 Å². The topological polar surface area (TPSA) is 57.6 Å². The Morgan fingerprint density at radius 2 is 1.85 bits per heavy atom. The lowest BCUT2D eigenvalue weighted by molar-refractivity contribution is -0.270. The summed E-state index contributed by atoms with van der Waals surface area (Å²) in [6.45, 7) is 0.988. The molecule has 10 heteroatoms. The van der Waals surface area contributed by atoms with Crippen LogP contribution in [0.1, 0.15) is 17.3 Å². The average Bonchev–Trinajstić information content (AvgIpc) is 2.72. The first-order valence-electron chi connectivity index (χ1n) is 9.97. The third kappa shape index (κ3) is 4.85. The van der Waals surface area contributed by atoms with E-state index < -0.39 is 35.2 Å². The molecule has 33 heavy (non-hydrogen) atoms. The lowest BCUT2D eigenvalue weighted by Gasteiger charge is -2.40. The van der Waals surface area contributed by atoms with E-state index in [1.165, 1.54) is 38.2 Å². The van der Waals surface area contributed by atoms with Gasteiger partial charge in [-0.3, -0.25) is 4.98 Å². The molecule has 0 spiro atoms. The summed E-state index contributed by atoms with van der Waals surface area (Å²) in [6.07, 6.45) is -5.09. The number of methoxy groups -OCH3 is 1. The number of nitrogens with one attached hydrogen (secondary N) is 1. The van der Waals surface area contributed by atoms with Crippen molar-refractivity contribution in [2.75, 3.05) is 33.1 Å². The van der Waals surface area contributed by atoms with E-state index in [4.69, 9.17) is 16.3 Å². The van der Waals surface area contributed by atoms with Gasteiger partial charge in [-0.15, -0.1) is 0 Å². The molecule has 0 aliphatic rings. The van der Waals surface area contributed by atoms with E-state index in [0.29, 0.717) is 10.9 Å². The number of aryl methyl sites for hydroxylation is 1. The number of hydrogen-bond acceptors (Lipinski definition) is 5. The summed E-state index contributed by atoms with van der Waals surface area (Å²) in [5.41, 5.74) is -2.04. The van der Waals surface area contributed by atoms with E-state index in [1.54, 1.807) is 37.3 Å². The molecule has 0 amide bonds. The maximum atomic E-state index is 14.7. The van der Waals surface area contributed by atoms with Gasteiger partial charge in [0.05, 0.1) is 23.7 Å². The number of aromatic nitrogens is 1. The number of hydrogen-bond donors (Lipinski definition) is 2. The molecule has 178 valence electrons. The van der Waals surface area contributed by atoms with E-state index in [1.807, 2.05) is 0 Å². The molecule has 2 unspecified atom stereocenters. The highest BCUT2D eigenvalue weighted by molar-refractivity contribution is 6.31. The Balaban J connectivity index is 2.26. The molecule has 0 bridgehead atoms. The molecule has 0 fully saturated rings. The number of rotatable bonds is 7. The summed E-state index contributed by atoms with van der Waals surface area (Å²) in [7, 11) is 4.01. The fourth-order valence-electron chi connectivity index (χ4n) is 3.75. The first kappa shape index (κ1) is 25.0. The zero-order chi connectivity index (χ0) is 24.6. The number of benzene rings is 2. The zero-order valence-corrected chi connectivity index (χ0v) is 19.2. The predicted molar refractivity (Wildman–Crippen MR) is 120 cm³/mol. The van der Waals surface area contributed by atoms with Crippen molar-refractivity contribution in [1.82, 2.24) is 9.88 Å². The molecular weight excluding hydrogens is 462 g/mol. The van der Waals surface area contributed by atoms with Crippen LogP contribution in [-0.2, 0) is 0 Å². The molecule has 2 atom stereocenters. The van der Waals surface area contributed by atoms with Crippen LogP contribution in [0.3, 0.4) is 0 Å². The summed E-state index contributed by atoms with van der Waals surface area (Å²) < 4.78 is 62.7. The third-order valence-electron chi connectivity index (χ3n) is 5.30. The lowest BCUT2D eigenvalue weighted by atomic mass is 9.86. The minimum atomic E-state index is -5.09. The van der Waals surface area contributed by atoms with Crippen molar-refractivity contribution in [3.05, 3.63) is 64.6 Å². The molecule has 0 radical (unpaired) electrons. The Kier molecular flexibility index (Phi) is 7.07. The van der Waals surface area contributed by atoms with Crippen LogP contribution in [0.4, 0.5) is 23.2 Å². The smallest absolute Gasteiger partial charge is 0.420 e. The van der Waals surface area contributed by atoms with E-state index in [9.17, 15) is 22.7 Å². The molecule has 3 aromatic rings. The number of anilines is 1. The van der Waals surface area contributed by atoms with Gasteiger partial charge in [-0.25, -0.2) is 4.39 Å². The highest BCUT2D eigenvalue weighted by atomic mass is 35.5. The van der Waals surface area contributed by atoms with Crippen molar-refractivity contribution < 1.29 is 27.4 Å². The number of nitrogens with zero attached hydrogens (tertiary/aromatic N) is 2. The summed E-state index contributed by atoms with van der Waals surface area (Å²) in [6, 6.07) is 8.87. The second-order valence-electron chi connectivity index (χ2n) is 8.05. The molecule has 1 aromatic heterocycles. The second-order valence-corrected chi connectivity index (χ2v) is 8.43. The van der Waals surface area contributed by atoms with E-state index >= 15 is 0 Å². The highest BCUT2D eigenvalue weighted by Gasteiger charge is 2.60. The molecule has 5 nitrogen and oxygen atoms in total. The van der Waals surface area contributed by atoms with Gasteiger partial charge in [0, 0.05) is 23.3 Å². The number of pyridine rings is 1. The largest absolute Gasteiger partial charge is 0.494 e. The maximum Gasteiger partial charge on any atom is 0.420 e. The van der Waals surface area contributed by atoms with Gasteiger partial charge < -0.3 is 20.1 Å². The SMILES string of the molecule is COc1ccc(C(Nc2cccc3nc(C)ccc23)C(O)(CN(C)C)C(F)(F)F)c(Cl)c1F. The predicted octanol–water partition coefficient (Wildman–Crippen LogP) is 5.35. The minimum Gasteiger partial charge on any atom is -0.494 e. The highest BCUT2D eigenvalue weighted by Crippen LogP contribution is 2.46. The zero-order valence-electron chi connectivity index (χ0n) is 18.5. The van der Waals surface area contributed by atoms with Crippen LogP contribution < -0.4 is 10.1 Å². The fourth-order valence-corrected chi connectivity index (χ4v) is 4.01. The van der Waals surface area contributed by atoms with Crippen LogP contribution in [0, 0.1) is 12.7 Å². The van der Waals surface area contributed by atoms with Gasteiger partial charge in [0.1, 0.15) is 0 Å². The molecule has 0 aliphatic heterocycles. The molecule has 2 N–H and O–H groups in total. The van der Waals surface area contributed by atoms with Gasteiger partial charge >= 0.3 is 6.18 Å². The number of halogens is 5. The first-order valence-corrected chi connectivity index (χ1v) is 10.4. The second kappa shape index (κ2) is 9.32. The molecule has 2 aromatic carbocycles. The summed E-state index contributed by atoms with van der Waals surface area (Å²) in [5, 5.41) is 13.8. The number of aliphatic hydroxyl groups is 1. The Morgan fingerprint density at radius 1 is 1.15 bits per heavy atom. The molecule has 0 saturated heterocycles. The van der Waals surface area contributed by atoms with Crippen molar-refractivity contribution in [2.45, 2.75) is 24.7 Å². The van der Waals surface area contributed by atoms with Crippen molar-refractivity contribution in [2.24, 2.45) is 0 Å².